The van der Waals surface area contributed by atoms with Gasteiger partial charge in [-0.15, -0.1) is 0 Å². The number of hydrogen-bond donors (Lipinski definition) is 1. The van der Waals surface area contributed by atoms with E-state index < -0.39 is 0 Å². The van der Waals surface area contributed by atoms with E-state index in [9.17, 15) is 18.8 Å². The molecule has 2 aliphatic rings. The van der Waals surface area contributed by atoms with Crippen LogP contribution >= 0.6 is 0 Å². The highest BCUT2D eigenvalue weighted by molar-refractivity contribution is 6.04. The third-order valence-electron chi connectivity index (χ3n) is 6.14. The van der Waals surface area contributed by atoms with Crippen LogP contribution in [0.25, 0.3) is 0 Å². The van der Waals surface area contributed by atoms with E-state index in [2.05, 4.69) is 10.3 Å². The van der Waals surface area contributed by atoms with Crippen LogP contribution in [0.15, 0.2) is 65.7 Å². The molecule has 4 heterocycles. The maximum absolute atomic E-state index is 13.3. The van der Waals surface area contributed by atoms with Gasteiger partial charge in [-0.05, 0) is 54.8 Å². The monoisotopic (exact) mass is 432 g/mol. The molecule has 5 rings (SSSR count). The predicted octanol–water partition coefficient (Wildman–Crippen LogP) is 2.89. The number of carbonyl (C=O) groups is 2. The van der Waals surface area contributed by atoms with Crippen LogP contribution in [0.2, 0.25) is 0 Å². The first-order chi connectivity index (χ1) is 15.5. The van der Waals surface area contributed by atoms with Gasteiger partial charge in [0.05, 0.1) is 11.3 Å². The number of piperidine rings is 1. The smallest absolute Gasteiger partial charge is 0.257 e. The van der Waals surface area contributed by atoms with Gasteiger partial charge < -0.3 is 14.8 Å². The Morgan fingerprint density at radius 1 is 1.00 bits per heavy atom. The summed E-state index contributed by atoms with van der Waals surface area (Å²) in [6, 6.07) is 12.0. The van der Waals surface area contributed by atoms with Crippen molar-refractivity contribution in [1.82, 2.24) is 14.5 Å². The number of likely N-dealkylation sites (tertiary alicyclic amines) is 1. The maximum Gasteiger partial charge on any atom is 0.257 e. The standard InChI is InChI=1S/C24H21FN4O3/c25-19-5-3-16(4-6-19)24(32)28-12-15-10-18(14-28)22-20(7-8-21(30)29(22)13-15)27-23(31)17-2-1-9-26-11-17/h1-9,11,15,18H,10,12-14H2,(H,27,31). The zero-order valence-corrected chi connectivity index (χ0v) is 17.2. The molecule has 1 fully saturated rings. The Bertz CT molecular complexity index is 1240. The van der Waals surface area contributed by atoms with Gasteiger partial charge in [0.25, 0.3) is 17.4 Å². The van der Waals surface area contributed by atoms with Crippen molar-refractivity contribution in [3.63, 3.8) is 0 Å². The second kappa shape index (κ2) is 8.03. The van der Waals surface area contributed by atoms with Gasteiger partial charge in [-0.3, -0.25) is 19.4 Å². The number of fused-ring (bicyclic) bond motifs is 4. The van der Waals surface area contributed by atoms with Crippen LogP contribution in [0, 0.1) is 11.7 Å². The largest absolute Gasteiger partial charge is 0.338 e. The zero-order valence-electron chi connectivity index (χ0n) is 17.2. The van der Waals surface area contributed by atoms with Crippen LogP contribution in [-0.4, -0.2) is 39.4 Å². The summed E-state index contributed by atoms with van der Waals surface area (Å²) in [5, 5.41) is 2.92. The Morgan fingerprint density at radius 2 is 1.81 bits per heavy atom. The van der Waals surface area contributed by atoms with Crippen molar-refractivity contribution in [2.24, 2.45) is 5.92 Å². The molecule has 2 bridgehead atoms. The first kappa shape index (κ1) is 20.1. The van der Waals surface area contributed by atoms with Gasteiger partial charge in [0.2, 0.25) is 0 Å². The van der Waals surface area contributed by atoms with E-state index in [1.807, 2.05) is 0 Å². The van der Waals surface area contributed by atoms with Crippen molar-refractivity contribution in [3.8, 4) is 0 Å². The molecule has 1 saturated heterocycles. The van der Waals surface area contributed by atoms with Crippen LogP contribution in [0.3, 0.4) is 0 Å². The summed E-state index contributed by atoms with van der Waals surface area (Å²) >= 11 is 0. The van der Waals surface area contributed by atoms with Gasteiger partial charge in [-0.25, -0.2) is 4.39 Å². The number of pyridine rings is 2. The minimum absolute atomic E-state index is 0.0926. The minimum atomic E-state index is -0.389. The number of aromatic nitrogens is 2. The Balaban J connectivity index is 1.45. The van der Waals surface area contributed by atoms with E-state index in [1.165, 1.54) is 36.5 Å². The minimum Gasteiger partial charge on any atom is -0.338 e. The fraction of sp³-hybridized carbons (Fsp3) is 0.250. The van der Waals surface area contributed by atoms with Crippen LogP contribution < -0.4 is 10.9 Å². The summed E-state index contributed by atoms with van der Waals surface area (Å²) < 4.78 is 15.0. The number of carbonyl (C=O) groups excluding carboxylic acids is 2. The number of anilines is 1. The van der Waals surface area contributed by atoms with E-state index in [-0.39, 0.29) is 35.0 Å². The van der Waals surface area contributed by atoms with Crippen LogP contribution in [-0.2, 0) is 6.54 Å². The quantitative estimate of drug-likeness (QED) is 0.690. The molecule has 3 aromatic rings. The fourth-order valence-corrected chi connectivity index (χ4v) is 4.75. The zero-order chi connectivity index (χ0) is 22.2. The average Bonchev–Trinajstić information content (AvgIpc) is 2.81. The van der Waals surface area contributed by atoms with Gasteiger partial charge in [-0.1, -0.05) is 0 Å². The molecule has 1 aromatic carbocycles. The van der Waals surface area contributed by atoms with E-state index in [4.69, 9.17) is 0 Å². The molecule has 2 atom stereocenters. The Morgan fingerprint density at radius 3 is 2.56 bits per heavy atom. The lowest BCUT2D eigenvalue weighted by molar-refractivity contribution is 0.0595. The SMILES string of the molecule is O=C(Nc1ccc(=O)n2c1C1CC(CN(C(=O)c3ccc(F)cc3)C1)C2)c1cccnc1. The molecule has 0 radical (unpaired) electrons. The third kappa shape index (κ3) is 3.68. The second-order valence-electron chi connectivity index (χ2n) is 8.29. The molecule has 32 heavy (non-hydrogen) atoms. The molecule has 2 unspecified atom stereocenters. The third-order valence-corrected chi connectivity index (χ3v) is 6.14. The molecular weight excluding hydrogens is 411 g/mol. The van der Waals surface area contributed by atoms with E-state index in [0.29, 0.717) is 36.4 Å². The molecule has 0 spiro atoms. The number of hydrogen-bond acceptors (Lipinski definition) is 4. The number of nitrogens with one attached hydrogen (secondary N) is 1. The summed E-state index contributed by atoms with van der Waals surface area (Å²) in [5.74, 6) is -0.818. The molecule has 0 saturated carbocycles. The lowest BCUT2D eigenvalue weighted by Crippen LogP contribution is -2.49. The van der Waals surface area contributed by atoms with Crippen molar-refractivity contribution in [3.05, 3.63) is 93.9 Å². The Hall–Kier alpha value is -3.81. The summed E-state index contributed by atoms with van der Waals surface area (Å²) in [7, 11) is 0. The van der Waals surface area contributed by atoms with Gasteiger partial charge in [0, 0.05) is 55.3 Å². The van der Waals surface area contributed by atoms with Crippen LogP contribution in [0.1, 0.15) is 38.7 Å². The normalized spacial score (nSPS) is 19.2. The molecule has 1 N–H and O–H groups in total. The molecule has 2 aliphatic heterocycles. The van der Waals surface area contributed by atoms with Gasteiger partial charge in [0.1, 0.15) is 5.82 Å². The van der Waals surface area contributed by atoms with Gasteiger partial charge in [0.15, 0.2) is 0 Å². The lowest BCUT2D eigenvalue weighted by Gasteiger charge is -2.43. The summed E-state index contributed by atoms with van der Waals surface area (Å²) in [6.45, 7) is 1.44. The fourth-order valence-electron chi connectivity index (χ4n) is 4.75. The van der Waals surface area contributed by atoms with Crippen LogP contribution in [0.4, 0.5) is 10.1 Å². The molecule has 162 valence electrons. The van der Waals surface area contributed by atoms with E-state index in [1.54, 1.807) is 33.9 Å². The first-order valence-corrected chi connectivity index (χ1v) is 10.5. The number of rotatable bonds is 3. The molecular formula is C24H21FN4O3. The number of halogens is 1. The second-order valence-corrected chi connectivity index (χ2v) is 8.29. The average molecular weight is 432 g/mol. The van der Waals surface area contributed by atoms with E-state index >= 15 is 0 Å². The lowest BCUT2D eigenvalue weighted by atomic mass is 9.82. The van der Waals surface area contributed by atoms with Crippen molar-refractivity contribution in [1.29, 1.82) is 0 Å². The molecule has 7 nitrogen and oxygen atoms in total. The highest BCUT2D eigenvalue weighted by atomic mass is 19.1. The maximum atomic E-state index is 13.3. The number of benzene rings is 1. The summed E-state index contributed by atoms with van der Waals surface area (Å²) in [6.07, 6.45) is 3.90. The van der Waals surface area contributed by atoms with Crippen molar-refractivity contribution in [2.75, 3.05) is 18.4 Å². The Labute approximate surface area is 183 Å². The summed E-state index contributed by atoms with van der Waals surface area (Å²) in [5.41, 5.74) is 2.04. The van der Waals surface area contributed by atoms with Crippen LogP contribution in [0.5, 0.6) is 0 Å². The predicted molar refractivity (Wildman–Crippen MR) is 116 cm³/mol. The van der Waals surface area contributed by atoms with Crippen molar-refractivity contribution < 1.29 is 14.0 Å². The first-order valence-electron chi connectivity index (χ1n) is 10.5. The number of nitrogens with zero attached hydrogens (tertiary/aromatic N) is 3. The molecule has 0 aliphatic carbocycles. The summed E-state index contributed by atoms with van der Waals surface area (Å²) in [4.78, 5) is 44.1. The van der Waals surface area contributed by atoms with Gasteiger partial charge in [-0.2, -0.15) is 0 Å². The highest BCUT2D eigenvalue weighted by Gasteiger charge is 2.38. The topological polar surface area (TPSA) is 84.3 Å². The molecule has 8 heteroatoms. The van der Waals surface area contributed by atoms with E-state index in [0.717, 1.165) is 12.1 Å². The van der Waals surface area contributed by atoms with Crippen molar-refractivity contribution >= 4 is 17.5 Å². The number of amides is 2. The van der Waals surface area contributed by atoms with Gasteiger partial charge >= 0.3 is 0 Å². The molecule has 2 aromatic heterocycles. The Kier molecular flexibility index (Phi) is 5.05. The highest BCUT2D eigenvalue weighted by Crippen LogP contribution is 2.39. The van der Waals surface area contributed by atoms with Crippen molar-refractivity contribution in [2.45, 2.75) is 18.9 Å². The molecule has 2 amide bonds.